The van der Waals surface area contributed by atoms with Crippen molar-refractivity contribution >= 4 is 38.9 Å². The zero-order valence-electron chi connectivity index (χ0n) is 45.1. The summed E-state index contributed by atoms with van der Waals surface area (Å²) in [5.74, 6) is 0. The Morgan fingerprint density at radius 1 is 0.232 bits per heavy atom. The molecule has 16 rings (SSSR count). The Morgan fingerprint density at radius 2 is 0.622 bits per heavy atom. The standard InChI is InChI=1S/C80H54N2/c1-6-22-59(23-7-1)79(60-24-8-2-9-25-60)74-36-20-17-33-68(74)71-52-57(42-50-75(71)79)55-38-44-64(45-39-55)81(65-46-40-56(41-47-65)58-43-51-78-72(53-58)70-34-18-21-37-77(70)82(78)63-30-14-5-15-31-63)66-48-49-69-67-32-16-19-35-73(67)80(76(69)54-66,61-26-10-3-11-27-61)62-28-12-4-13-29-62/h1-54H. The molecule has 0 spiro atoms. The van der Waals surface area contributed by atoms with Gasteiger partial charge in [0.2, 0.25) is 0 Å². The number of hydrogen-bond donors (Lipinski definition) is 0. The fourth-order valence-corrected chi connectivity index (χ4v) is 14.3. The van der Waals surface area contributed by atoms with Gasteiger partial charge in [0.25, 0.3) is 0 Å². The highest BCUT2D eigenvalue weighted by atomic mass is 15.1. The topological polar surface area (TPSA) is 8.17 Å². The van der Waals surface area contributed by atoms with Gasteiger partial charge in [-0.1, -0.05) is 255 Å². The Balaban J connectivity index is 0.842. The predicted octanol–water partition coefficient (Wildman–Crippen LogP) is 20.3. The van der Waals surface area contributed by atoms with E-state index < -0.39 is 10.8 Å². The molecule has 2 nitrogen and oxygen atoms in total. The molecule has 14 aromatic rings. The molecule has 0 saturated carbocycles. The van der Waals surface area contributed by atoms with Crippen LogP contribution in [0.2, 0.25) is 0 Å². The van der Waals surface area contributed by atoms with Gasteiger partial charge in [-0.05, 0) is 162 Å². The molecule has 1 aromatic heterocycles. The van der Waals surface area contributed by atoms with Crippen LogP contribution in [0.15, 0.2) is 328 Å². The van der Waals surface area contributed by atoms with Crippen LogP contribution in [0.5, 0.6) is 0 Å². The fourth-order valence-electron chi connectivity index (χ4n) is 14.3. The van der Waals surface area contributed by atoms with Crippen molar-refractivity contribution in [2.24, 2.45) is 0 Å². The molecule has 0 radical (unpaired) electrons. The van der Waals surface area contributed by atoms with E-state index in [1.54, 1.807) is 0 Å². The molecule has 0 saturated heterocycles. The van der Waals surface area contributed by atoms with Gasteiger partial charge in [-0.15, -0.1) is 0 Å². The van der Waals surface area contributed by atoms with Crippen molar-refractivity contribution in [2.45, 2.75) is 10.8 Å². The third kappa shape index (κ3) is 7.14. The van der Waals surface area contributed by atoms with Crippen LogP contribution in [-0.2, 0) is 10.8 Å². The Hall–Kier alpha value is -10.5. The summed E-state index contributed by atoms with van der Waals surface area (Å²) in [6, 6.07) is 121. The minimum Gasteiger partial charge on any atom is -0.310 e. The van der Waals surface area contributed by atoms with Crippen molar-refractivity contribution in [3.05, 3.63) is 372 Å². The molecule has 2 aliphatic rings. The average molecular weight is 1040 g/mol. The number of nitrogens with zero attached hydrogens (tertiary/aromatic N) is 2. The lowest BCUT2D eigenvalue weighted by Gasteiger charge is -2.35. The maximum Gasteiger partial charge on any atom is 0.0714 e. The van der Waals surface area contributed by atoms with Gasteiger partial charge in [-0.25, -0.2) is 0 Å². The first-order valence-corrected chi connectivity index (χ1v) is 28.5. The van der Waals surface area contributed by atoms with Crippen LogP contribution in [0.4, 0.5) is 17.1 Å². The molecular formula is C80H54N2. The van der Waals surface area contributed by atoms with Crippen LogP contribution in [0, 0.1) is 0 Å². The minimum absolute atomic E-state index is 0.446. The number of rotatable bonds is 10. The maximum absolute atomic E-state index is 2.47. The van der Waals surface area contributed by atoms with Crippen LogP contribution in [0.3, 0.4) is 0 Å². The van der Waals surface area contributed by atoms with Crippen LogP contribution in [0.25, 0.3) is 72.0 Å². The van der Waals surface area contributed by atoms with Crippen molar-refractivity contribution in [1.82, 2.24) is 4.57 Å². The van der Waals surface area contributed by atoms with Gasteiger partial charge in [0.05, 0.1) is 21.9 Å². The molecule has 2 heteroatoms. The highest BCUT2D eigenvalue weighted by molar-refractivity contribution is 6.10. The van der Waals surface area contributed by atoms with E-state index in [0.29, 0.717) is 0 Å². The van der Waals surface area contributed by atoms with Crippen LogP contribution in [0.1, 0.15) is 44.5 Å². The molecule has 0 amide bonds. The second kappa shape index (κ2) is 19.1. The number of anilines is 3. The first kappa shape index (κ1) is 47.5. The van der Waals surface area contributed by atoms with Crippen molar-refractivity contribution in [3.63, 3.8) is 0 Å². The molecule has 2 aliphatic carbocycles. The molecule has 384 valence electrons. The molecule has 0 aliphatic heterocycles. The van der Waals surface area contributed by atoms with Crippen molar-refractivity contribution < 1.29 is 0 Å². The van der Waals surface area contributed by atoms with Gasteiger partial charge in [0.15, 0.2) is 0 Å². The molecule has 0 N–H and O–H groups in total. The summed E-state index contributed by atoms with van der Waals surface area (Å²) >= 11 is 0. The van der Waals surface area contributed by atoms with Crippen LogP contribution < -0.4 is 4.90 Å². The van der Waals surface area contributed by atoms with E-state index in [0.717, 1.165) is 33.9 Å². The normalized spacial score (nSPS) is 13.3. The molecular weight excluding hydrogens is 989 g/mol. The summed E-state index contributed by atoms with van der Waals surface area (Å²) in [6.07, 6.45) is 0. The summed E-state index contributed by atoms with van der Waals surface area (Å²) < 4.78 is 2.38. The Bertz CT molecular complexity index is 4620. The predicted molar refractivity (Wildman–Crippen MR) is 341 cm³/mol. The van der Waals surface area contributed by atoms with E-state index in [4.69, 9.17) is 0 Å². The Morgan fingerprint density at radius 3 is 1.18 bits per heavy atom. The lowest BCUT2D eigenvalue weighted by molar-refractivity contribution is 0.768. The van der Waals surface area contributed by atoms with E-state index in [1.807, 2.05) is 0 Å². The maximum atomic E-state index is 2.47. The zero-order chi connectivity index (χ0) is 54.2. The number of aromatic nitrogens is 1. The van der Waals surface area contributed by atoms with E-state index in [2.05, 4.69) is 337 Å². The highest BCUT2D eigenvalue weighted by Gasteiger charge is 2.47. The van der Waals surface area contributed by atoms with Gasteiger partial charge >= 0.3 is 0 Å². The van der Waals surface area contributed by atoms with Crippen molar-refractivity contribution in [3.8, 4) is 50.2 Å². The third-order valence-corrected chi connectivity index (χ3v) is 17.8. The largest absolute Gasteiger partial charge is 0.310 e. The van der Waals surface area contributed by atoms with Gasteiger partial charge in [-0.3, -0.25) is 0 Å². The summed E-state index contributed by atoms with van der Waals surface area (Å²) in [6.45, 7) is 0. The van der Waals surface area contributed by atoms with Gasteiger partial charge in [0.1, 0.15) is 0 Å². The van der Waals surface area contributed by atoms with Gasteiger partial charge < -0.3 is 9.47 Å². The monoisotopic (exact) mass is 1040 g/mol. The van der Waals surface area contributed by atoms with Crippen LogP contribution >= 0.6 is 0 Å². The summed E-state index contributed by atoms with van der Waals surface area (Å²) in [5, 5.41) is 2.48. The number of hydrogen-bond acceptors (Lipinski definition) is 1. The molecule has 0 fully saturated rings. The van der Waals surface area contributed by atoms with Gasteiger partial charge in [-0.2, -0.15) is 0 Å². The molecule has 0 atom stereocenters. The van der Waals surface area contributed by atoms with Crippen LogP contribution in [-0.4, -0.2) is 4.57 Å². The van der Waals surface area contributed by atoms with E-state index in [9.17, 15) is 0 Å². The first-order valence-electron chi connectivity index (χ1n) is 28.5. The Kier molecular flexibility index (Phi) is 11.0. The van der Waals surface area contributed by atoms with Gasteiger partial charge in [0, 0.05) is 33.5 Å². The smallest absolute Gasteiger partial charge is 0.0714 e. The summed E-state index contributed by atoms with van der Waals surface area (Å²) in [4.78, 5) is 2.45. The Labute approximate surface area is 478 Å². The quantitative estimate of drug-likeness (QED) is 0.133. The zero-order valence-corrected chi connectivity index (χ0v) is 45.1. The number of fused-ring (bicyclic) bond motifs is 9. The first-order chi connectivity index (χ1) is 40.7. The molecule has 13 aromatic carbocycles. The fraction of sp³-hybridized carbons (Fsp3) is 0.0250. The SMILES string of the molecule is c1ccc(-n2c3ccccc3c3cc(-c4ccc(N(c5ccc(-c6ccc7c(c6)-c6ccccc6C7(c6ccccc6)c6ccccc6)cc5)c5ccc6c(c5)C(c5ccccc5)(c5ccccc5)c5ccccc5-6)cc4)ccc32)cc1. The lowest BCUT2D eigenvalue weighted by Crippen LogP contribution is -2.28. The van der Waals surface area contributed by atoms with Crippen molar-refractivity contribution in [2.75, 3.05) is 4.90 Å². The molecule has 0 bridgehead atoms. The third-order valence-electron chi connectivity index (χ3n) is 17.8. The molecule has 0 unspecified atom stereocenters. The summed E-state index contributed by atoms with van der Waals surface area (Å²) in [5.41, 5.74) is 25.8. The summed E-state index contributed by atoms with van der Waals surface area (Å²) in [7, 11) is 0. The average Bonchev–Trinajstić information content (AvgIpc) is 4.21. The van der Waals surface area contributed by atoms with E-state index in [-0.39, 0.29) is 0 Å². The number of benzene rings is 13. The minimum atomic E-state index is -0.545. The molecule has 82 heavy (non-hydrogen) atoms. The number of para-hydroxylation sites is 2. The second-order valence-electron chi connectivity index (χ2n) is 21.9. The molecule has 1 heterocycles. The lowest BCUT2D eigenvalue weighted by atomic mass is 9.67. The van der Waals surface area contributed by atoms with E-state index >= 15 is 0 Å². The van der Waals surface area contributed by atoms with Crippen molar-refractivity contribution in [1.29, 1.82) is 0 Å². The van der Waals surface area contributed by atoms with E-state index in [1.165, 1.54) is 99.7 Å². The highest BCUT2D eigenvalue weighted by Crippen LogP contribution is 2.59. The second-order valence-corrected chi connectivity index (χ2v) is 21.9.